The lowest BCUT2D eigenvalue weighted by molar-refractivity contribution is 0.188. The molecule has 1 unspecified atom stereocenters. The van der Waals surface area contributed by atoms with Crippen LogP contribution in [0.15, 0.2) is 18.2 Å². The Morgan fingerprint density at radius 3 is 2.39 bits per heavy atom. The second kappa shape index (κ2) is 8.28. The van der Waals surface area contributed by atoms with E-state index in [1.807, 2.05) is 0 Å². The number of methoxy groups -OCH3 is 1. The molecule has 1 aromatic carbocycles. The Bertz CT molecular complexity index is 329. The summed E-state index contributed by atoms with van der Waals surface area (Å²) in [5.74, 6) is 0. The maximum Gasteiger partial charge on any atom is 0.0462 e. The molecule has 0 bridgehead atoms. The zero-order valence-electron chi connectivity index (χ0n) is 12.3. The van der Waals surface area contributed by atoms with E-state index in [2.05, 4.69) is 44.3 Å². The smallest absolute Gasteiger partial charge is 0.0462 e. The van der Waals surface area contributed by atoms with Crippen molar-refractivity contribution in [2.75, 3.05) is 20.3 Å². The monoisotopic (exact) mass is 249 g/mol. The van der Waals surface area contributed by atoms with E-state index in [1.165, 1.54) is 23.1 Å². The minimum absolute atomic E-state index is 0.561. The molecule has 0 radical (unpaired) electrons. The van der Waals surface area contributed by atoms with Gasteiger partial charge in [0.1, 0.15) is 0 Å². The maximum atomic E-state index is 5.13. The van der Waals surface area contributed by atoms with Crippen molar-refractivity contribution in [1.29, 1.82) is 0 Å². The summed E-state index contributed by atoms with van der Waals surface area (Å²) in [7, 11) is 1.77. The second-order valence-corrected chi connectivity index (χ2v) is 5.09. The number of nitrogens with one attached hydrogen (secondary N) is 1. The van der Waals surface area contributed by atoms with Crippen molar-refractivity contribution < 1.29 is 4.74 Å². The van der Waals surface area contributed by atoms with E-state index >= 15 is 0 Å². The number of hydrogen-bond acceptors (Lipinski definition) is 2. The summed E-state index contributed by atoms with van der Waals surface area (Å²) in [4.78, 5) is 0. The number of ether oxygens (including phenoxy) is 1. The van der Waals surface area contributed by atoms with Crippen molar-refractivity contribution >= 4 is 0 Å². The van der Waals surface area contributed by atoms with Gasteiger partial charge in [0.05, 0.1) is 0 Å². The van der Waals surface area contributed by atoms with Gasteiger partial charge < -0.3 is 10.1 Å². The fourth-order valence-electron chi connectivity index (χ4n) is 2.51. The van der Waals surface area contributed by atoms with Gasteiger partial charge in [0.25, 0.3) is 0 Å². The highest BCUT2D eigenvalue weighted by Gasteiger charge is 2.08. The fraction of sp³-hybridized carbons (Fsp3) is 0.625. The Labute approximate surface area is 112 Å². The predicted molar refractivity (Wildman–Crippen MR) is 78.2 cm³/mol. The van der Waals surface area contributed by atoms with Crippen LogP contribution in [0, 0.1) is 13.8 Å². The topological polar surface area (TPSA) is 21.3 Å². The van der Waals surface area contributed by atoms with Crippen LogP contribution in [0.3, 0.4) is 0 Å². The summed E-state index contributed by atoms with van der Waals surface area (Å²) in [6.45, 7) is 8.40. The zero-order chi connectivity index (χ0) is 13.4. The average Bonchev–Trinajstić information content (AvgIpc) is 2.28. The van der Waals surface area contributed by atoms with Crippen LogP contribution in [0.4, 0.5) is 0 Å². The first kappa shape index (κ1) is 15.2. The Morgan fingerprint density at radius 1 is 1.17 bits per heavy atom. The quantitative estimate of drug-likeness (QED) is 0.714. The van der Waals surface area contributed by atoms with Gasteiger partial charge in [-0.2, -0.15) is 0 Å². The maximum absolute atomic E-state index is 5.13. The summed E-state index contributed by atoms with van der Waals surface area (Å²) >= 11 is 0. The van der Waals surface area contributed by atoms with Gasteiger partial charge in [-0.1, -0.05) is 36.2 Å². The molecular formula is C16H27NO. The third kappa shape index (κ3) is 5.65. The molecule has 0 aliphatic rings. The second-order valence-electron chi connectivity index (χ2n) is 5.09. The van der Waals surface area contributed by atoms with Gasteiger partial charge in [0.15, 0.2) is 0 Å². The van der Waals surface area contributed by atoms with E-state index in [9.17, 15) is 0 Å². The highest BCUT2D eigenvalue weighted by atomic mass is 16.5. The van der Waals surface area contributed by atoms with Gasteiger partial charge >= 0.3 is 0 Å². The number of rotatable bonds is 8. The predicted octanol–water partition coefficient (Wildman–Crippen LogP) is 3.25. The molecule has 0 amide bonds. The molecule has 0 saturated carbocycles. The van der Waals surface area contributed by atoms with Gasteiger partial charge in [-0.05, 0) is 45.2 Å². The SMILES string of the molecule is CCNC(CCCOC)Cc1cc(C)cc(C)c1. The van der Waals surface area contributed by atoms with Crippen LogP contribution >= 0.6 is 0 Å². The molecule has 2 nitrogen and oxygen atoms in total. The number of likely N-dealkylation sites (N-methyl/N-ethyl adjacent to an activating group) is 1. The molecule has 1 rings (SSSR count). The summed E-state index contributed by atoms with van der Waals surface area (Å²) in [6, 6.07) is 7.39. The van der Waals surface area contributed by atoms with E-state index < -0.39 is 0 Å². The van der Waals surface area contributed by atoms with Gasteiger partial charge in [-0.25, -0.2) is 0 Å². The lowest BCUT2D eigenvalue weighted by atomic mass is 9.98. The first-order chi connectivity index (χ1) is 8.65. The summed E-state index contributed by atoms with van der Waals surface area (Å²) in [5.41, 5.74) is 4.16. The fourth-order valence-corrected chi connectivity index (χ4v) is 2.51. The lowest BCUT2D eigenvalue weighted by Gasteiger charge is -2.18. The van der Waals surface area contributed by atoms with Crippen molar-refractivity contribution in [3.8, 4) is 0 Å². The minimum atomic E-state index is 0.561. The molecular weight excluding hydrogens is 222 g/mol. The molecule has 0 fully saturated rings. The molecule has 1 aromatic rings. The van der Waals surface area contributed by atoms with Crippen LogP contribution in [-0.2, 0) is 11.2 Å². The molecule has 0 saturated heterocycles. The minimum Gasteiger partial charge on any atom is -0.385 e. The summed E-state index contributed by atoms with van der Waals surface area (Å²) < 4.78 is 5.13. The van der Waals surface area contributed by atoms with E-state index in [1.54, 1.807) is 7.11 Å². The van der Waals surface area contributed by atoms with Crippen LogP contribution in [0.1, 0.15) is 36.5 Å². The van der Waals surface area contributed by atoms with Crippen molar-refractivity contribution in [1.82, 2.24) is 5.32 Å². The Kier molecular flexibility index (Phi) is 6.99. The van der Waals surface area contributed by atoms with Crippen LogP contribution < -0.4 is 5.32 Å². The van der Waals surface area contributed by atoms with Gasteiger partial charge in [-0.3, -0.25) is 0 Å². The first-order valence-electron chi connectivity index (χ1n) is 6.95. The van der Waals surface area contributed by atoms with E-state index in [4.69, 9.17) is 4.74 Å². The van der Waals surface area contributed by atoms with Gasteiger partial charge in [0, 0.05) is 19.8 Å². The molecule has 0 spiro atoms. The number of benzene rings is 1. The number of hydrogen-bond donors (Lipinski definition) is 1. The highest BCUT2D eigenvalue weighted by Crippen LogP contribution is 2.13. The van der Waals surface area contributed by atoms with E-state index in [0.717, 1.165) is 26.0 Å². The molecule has 102 valence electrons. The van der Waals surface area contributed by atoms with Crippen LogP contribution in [0.5, 0.6) is 0 Å². The standard InChI is InChI=1S/C16H27NO/c1-5-17-16(7-6-8-18-4)12-15-10-13(2)9-14(3)11-15/h9-11,16-17H,5-8,12H2,1-4H3. The molecule has 0 heterocycles. The van der Waals surface area contributed by atoms with Crippen LogP contribution in [0.25, 0.3) is 0 Å². The molecule has 18 heavy (non-hydrogen) atoms. The Morgan fingerprint density at radius 2 is 1.83 bits per heavy atom. The Balaban J connectivity index is 2.58. The Hall–Kier alpha value is -0.860. The van der Waals surface area contributed by atoms with Crippen LogP contribution in [-0.4, -0.2) is 26.3 Å². The highest BCUT2D eigenvalue weighted by molar-refractivity contribution is 5.29. The van der Waals surface area contributed by atoms with Crippen molar-refractivity contribution in [2.45, 2.75) is 46.1 Å². The molecule has 0 aliphatic carbocycles. The summed E-state index contributed by atoms with van der Waals surface area (Å²) in [5, 5.41) is 3.57. The molecule has 0 aliphatic heterocycles. The average molecular weight is 249 g/mol. The van der Waals surface area contributed by atoms with Gasteiger partial charge in [0.2, 0.25) is 0 Å². The van der Waals surface area contributed by atoms with Crippen molar-refractivity contribution in [3.63, 3.8) is 0 Å². The van der Waals surface area contributed by atoms with Gasteiger partial charge in [-0.15, -0.1) is 0 Å². The first-order valence-corrected chi connectivity index (χ1v) is 6.95. The molecule has 1 atom stereocenters. The third-order valence-corrected chi connectivity index (χ3v) is 3.16. The van der Waals surface area contributed by atoms with E-state index in [-0.39, 0.29) is 0 Å². The molecule has 2 heteroatoms. The zero-order valence-corrected chi connectivity index (χ0v) is 12.3. The third-order valence-electron chi connectivity index (χ3n) is 3.16. The lowest BCUT2D eigenvalue weighted by Crippen LogP contribution is -2.31. The normalized spacial score (nSPS) is 12.7. The molecule has 0 aromatic heterocycles. The van der Waals surface area contributed by atoms with Crippen molar-refractivity contribution in [3.05, 3.63) is 34.9 Å². The largest absolute Gasteiger partial charge is 0.385 e. The number of aryl methyl sites for hydroxylation is 2. The molecule has 1 N–H and O–H groups in total. The van der Waals surface area contributed by atoms with E-state index in [0.29, 0.717) is 6.04 Å². The van der Waals surface area contributed by atoms with Crippen LogP contribution in [0.2, 0.25) is 0 Å². The summed E-state index contributed by atoms with van der Waals surface area (Å²) in [6.07, 6.45) is 3.41. The van der Waals surface area contributed by atoms with Crippen molar-refractivity contribution in [2.24, 2.45) is 0 Å².